The normalized spacial score (nSPS) is 31.2. The molecule has 0 spiro atoms. The summed E-state index contributed by atoms with van der Waals surface area (Å²) in [5.74, 6) is 1.60. The first-order chi connectivity index (χ1) is 8.66. The van der Waals surface area contributed by atoms with Crippen LogP contribution in [0.3, 0.4) is 0 Å². The third-order valence-corrected chi connectivity index (χ3v) is 4.54. The fourth-order valence-corrected chi connectivity index (χ4v) is 3.24. The zero-order chi connectivity index (χ0) is 13.0. The summed E-state index contributed by atoms with van der Waals surface area (Å²) < 4.78 is 0. The van der Waals surface area contributed by atoms with Gasteiger partial charge in [-0.25, -0.2) is 0 Å². The predicted octanol–water partition coefficient (Wildman–Crippen LogP) is 0.833. The van der Waals surface area contributed by atoms with Gasteiger partial charge in [0.05, 0.1) is 0 Å². The smallest absolute Gasteiger partial charge is 0.216 e. The van der Waals surface area contributed by atoms with Gasteiger partial charge in [-0.15, -0.1) is 0 Å². The molecule has 0 saturated carbocycles. The van der Waals surface area contributed by atoms with Crippen LogP contribution in [0.4, 0.5) is 0 Å². The van der Waals surface area contributed by atoms with Crippen LogP contribution in [0.25, 0.3) is 0 Å². The zero-order valence-corrected chi connectivity index (χ0v) is 11.7. The Kier molecular flexibility index (Phi) is 5.01. The summed E-state index contributed by atoms with van der Waals surface area (Å²) in [6, 6.07) is 0.723. The average Bonchev–Trinajstić information content (AvgIpc) is 2.38. The van der Waals surface area contributed by atoms with E-state index in [4.69, 9.17) is 0 Å². The maximum Gasteiger partial charge on any atom is 0.216 e. The van der Waals surface area contributed by atoms with Crippen LogP contribution in [0.5, 0.6) is 0 Å². The summed E-state index contributed by atoms with van der Waals surface area (Å²) in [5, 5.41) is 6.46. The van der Waals surface area contributed by atoms with E-state index < -0.39 is 0 Å². The number of nitrogens with one attached hydrogen (secondary N) is 2. The topological polar surface area (TPSA) is 44.4 Å². The molecule has 2 heterocycles. The molecule has 2 rings (SSSR count). The second kappa shape index (κ2) is 6.53. The highest BCUT2D eigenvalue weighted by molar-refractivity contribution is 5.72. The number of amides is 1. The van der Waals surface area contributed by atoms with E-state index in [0.29, 0.717) is 5.92 Å². The highest BCUT2D eigenvalue weighted by atomic mass is 16.1. The van der Waals surface area contributed by atoms with E-state index in [1.54, 1.807) is 6.92 Å². The zero-order valence-electron chi connectivity index (χ0n) is 11.7. The lowest BCUT2D eigenvalue weighted by Gasteiger charge is -2.42. The van der Waals surface area contributed by atoms with Gasteiger partial charge >= 0.3 is 0 Å². The Labute approximate surface area is 110 Å². The monoisotopic (exact) mass is 253 g/mol. The van der Waals surface area contributed by atoms with E-state index in [2.05, 4.69) is 22.5 Å². The van der Waals surface area contributed by atoms with E-state index in [1.807, 2.05) is 0 Å². The lowest BCUT2D eigenvalue weighted by molar-refractivity contribution is -0.119. The summed E-state index contributed by atoms with van der Waals surface area (Å²) in [6.45, 7) is 9.57. The van der Waals surface area contributed by atoms with Crippen molar-refractivity contribution in [2.24, 2.45) is 11.8 Å². The number of piperidine rings is 2. The number of carbonyl (C=O) groups is 1. The minimum Gasteiger partial charge on any atom is -0.356 e. The van der Waals surface area contributed by atoms with Crippen LogP contribution in [0.15, 0.2) is 0 Å². The summed E-state index contributed by atoms with van der Waals surface area (Å²) in [4.78, 5) is 13.6. The molecule has 2 N–H and O–H groups in total. The van der Waals surface area contributed by atoms with Crippen LogP contribution in [-0.4, -0.2) is 49.6 Å². The molecule has 1 amide bonds. The first-order valence-corrected chi connectivity index (χ1v) is 7.36. The molecule has 2 atom stereocenters. The van der Waals surface area contributed by atoms with Crippen LogP contribution in [-0.2, 0) is 4.79 Å². The molecule has 0 bridgehead atoms. The fourth-order valence-electron chi connectivity index (χ4n) is 3.24. The van der Waals surface area contributed by atoms with Crippen molar-refractivity contribution in [1.82, 2.24) is 15.5 Å². The van der Waals surface area contributed by atoms with E-state index >= 15 is 0 Å². The van der Waals surface area contributed by atoms with Crippen molar-refractivity contribution in [3.63, 3.8) is 0 Å². The molecule has 2 aliphatic heterocycles. The first-order valence-electron chi connectivity index (χ1n) is 7.36. The van der Waals surface area contributed by atoms with Gasteiger partial charge in [0.1, 0.15) is 0 Å². The van der Waals surface area contributed by atoms with Crippen LogP contribution < -0.4 is 10.6 Å². The van der Waals surface area contributed by atoms with Gasteiger partial charge in [-0.1, -0.05) is 6.92 Å². The molecule has 2 aliphatic rings. The maximum absolute atomic E-state index is 10.9. The van der Waals surface area contributed by atoms with Gasteiger partial charge in [0.2, 0.25) is 5.91 Å². The molecule has 0 aromatic rings. The van der Waals surface area contributed by atoms with Gasteiger partial charge in [0, 0.05) is 26.1 Å². The molecule has 4 nitrogen and oxygen atoms in total. The first kappa shape index (κ1) is 13.8. The number of hydrogen-bond donors (Lipinski definition) is 2. The third-order valence-electron chi connectivity index (χ3n) is 4.54. The Morgan fingerprint density at radius 1 is 1.33 bits per heavy atom. The molecule has 0 aromatic heterocycles. The lowest BCUT2D eigenvalue weighted by Crippen LogP contribution is -2.53. The predicted molar refractivity (Wildman–Crippen MR) is 73.4 cm³/mol. The summed E-state index contributed by atoms with van der Waals surface area (Å²) >= 11 is 0. The Morgan fingerprint density at radius 2 is 2.06 bits per heavy atom. The summed E-state index contributed by atoms with van der Waals surface area (Å²) in [7, 11) is 0. The second-order valence-corrected chi connectivity index (χ2v) is 5.95. The van der Waals surface area contributed by atoms with Gasteiger partial charge in [-0.05, 0) is 50.7 Å². The molecule has 2 fully saturated rings. The van der Waals surface area contributed by atoms with E-state index in [1.165, 1.54) is 38.9 Å². The molecule has 18 heavy (non-hydrogen) atoms. The largest absolute Gasteiger partial charge is 0.356 e. The lowest BCUT2D eigenvalue weighted by atomic mass is 9.89. The summed E-state index contributed by atoms with van der Waals surface area (Å²) in [6.07, 6.45) is 3.75. The quantitative estimate of drug-likeness (QED) is 0.783. The SMILES string of the molecule is CC(=O)NCC1CCN(C2CNCCC2C)CC1. The highest BCUT2D eigenvalue weighted by Gasteiger charge is 2.29. The average molecular weight is 253 g/mol. The van der Waals surface area contributed by atoms with Crippen LogP contribution in [0.2, 0.25) is 0 Å². The molecule has 2 unspecified atom stereocenters. The van der Waals surface area contributed by atoms with Crippen molar-refractivity contribution in [2.45, 2.75) is 39.2 Å². The van der Waals surface area contributed by atoms with Crippen LogP contribution >= 0.6 is 0 Å². The third kappa shape index (κ3) is 3.69. The van der Waals surface area contributed by atoms with Crippen molar-refractivity contribution in [3.8, 4) is 0 Å². The Morgan fingerprint density at radius 3 is 2.67 bits per heavy atom. The molecule has 0 aliphatic carbocycles. The van der Waals surface area contributed by atoms with Crippen molar-refractivity contribution in [2.75, 3.05) is 32.7 Å². The number of nitrogens with zero attached hydrogens (tertiary/aromatic N) is 1. The Balaban J connectivity index is 1.74. The van der Waals surface area contributed by atoms with Crippen molar-refractivity contribution < 1.29 is 4.79 Å². The van der Waals surface area contributed by atoms with Crippen molar-refractivity contribution in [3.05, 3.63) is 0 Å². The van der Waals surface area contributed by atoms with Gasteiger partial charge in [-0.2, -0.15) is 0 Å². The summed E-state index contributed by atoms with van der Waals surface area (Å²) in [5.41, 5.74) is 0. The number of carbonyl (C=O) groups excluding carboxylic acids is 1. The van der Waals surface area contributed by atoms with Crippen molar-refractivity contribution >= 4 is 5.91 Å². The number of likely N-dealkylation sites (tertiary alicyclic amines) is 1. The minimum atomic E-state index is 0.0996. The molecular formula is C14H27N3O. The van der Waals surface area contributed by atoms with E-state index in [-0.39, 0.29) is 5.91 Å². The molecule has 0 aromatic carbocycles. The molecule has 4 heteroatoms. The van der Waals surface area contributed by atoms with Crippen molar-refractivity contribution in [1.29, 1.82) is 0 Å². The molecule has 104 valence electrons. The standard InChI is InChI=1S/C14H27N3O/c1-11-3-6-15-10-14(11)17-7-4-13(5-8-17)9-16-12(2)18/h11,13-15H,3-10H2,1-2H3,(H,16,18). The minimum absolute atomic E-state index is 0.0996. The van der Waals surface area contributed by atoms with Gasteiger partial charge in [0.25, 0.3) is 0 Å². The molecular weight excluding hydrogens is 226 g/mol. The molecule has 2 saturated heterocycles. The Bertz CT molecular complexity index is 274. The molecule has 0 radical (unpaired) electrons. The van der Waals surface area contributed by atoms with E-state index in [9.17, 15) is 4.79 Å². The highest BCUT2D eigenvalue weighted by Crippen LogP contribution is 2.24. The van der Waals surface area contributed by atoms with Gasteiger partial charge in [0.15, 0.2) is 0 Å². The number of hydrogen-bond acceptors (Lipinski definition) is 3. The van der Waals surface area contributed by atoms with Gasteiger partial charge < -0.3 is 10.6 Å². The second-order valence-electron chi connectivity index (χ2n) is 5.95. The number of rotatable bonds is 3. The van der Waals surface area contributed by atoms with Crippen LogP contribution in [0, 0.1) is 11.8 Å². The maximum atomic E-state index is 10.9. The van der Waals surface area contributed by atoms with Gasteiger partial charge in [-0.3, -0.25) is 9.69 Å². The Hall–Kier alpha value is -0.610. The van der Waals surface area contributed by atoms with Crippen LogP contribution in [0.1, 0.15) is 33.1 Å². The van der Waals surface area contributed by atoms with E-state index in [0.717, 1.165) is 25.0 Å². The fraction of sp³-hybridized carbons (Fsp3) is 0.929.